The van der Waals surface area contributed by atoms with E-state index in [4.69, 9.17) is 25.8 Å². The molecule has 1 heterocycles. The van der Waals surface area contributed by atoms with Crippen LogP contribution in [0.3, 0.4) is 0 Å². The minimum absolute atomic E-state index is 0.129. The molecular formula is C24H29ClN2O5. The number of esters is 1. The first-order valence-electron chi connectivity index (χ1n) is 10.6. The van der Waals surface area contributed by atoms with Crippen LogP contribution in [0.15, 0.2) is 30.3 Å². The zero-order valence-corrected chi connectivity index (χ0v) is 19.6. The van der Waals surface area contributed by atoms with Crippen molar-refractivity contribution >= 4 is 29.2 Å². The summed E-state index contributed by atoms with van der Waals surface area (Å²) in [6.45, 7) is 4.74. The van der Waals surface area contributed by atoms with Gasteiger partial charge < -0.3 is 19.5 Å². The van der Waals surface area contributed by atoms with E-state index in [0.29, 0.717) is 35.4 Å². The number of carbonyl (C=O) groups excluding carboxylic acids is 2. The van der Waals surface area contributed by atoms with Gasteiger partial charge in [0.15, 0.2) is 11.5 Å². The van der Waals surface area contributed by atoms with Crippen LogP contribution < -0.4 is 14.8 Å². The van der Waals surface area contributed by atoms with Crippen molar-refractivity contribution in [2.24, 2.45) is 0 Å². The van der Waals surface area contributed by atoms with E-state index < -0.39 is 0 Å². The molecule has 0 fully saturated rings. The Bertz CT molecular complexity index is 995. The van der Waals surface area contributed by atoms with E-state index in [1.54, 1.807) is 33.3 Å². The van der Waals surface area contributed by atoms with E-state index in [1.165, 1.54) is 0 Å². The zero-order chi connectivity index (χ0) is 23.3. The SMILES string of the molecule is CCOC(=O)C[C@H]1c2cc(OC)c(OC)cc2CCN1CC(=O)Nc1cc(Cl)ccc1C. The van der Waals surface area contributed by atoms with E-state index in [9.17, 15) is 9.59 Å². The average molecular weight is 461 g/mol. The molecule has 0 spiro atoms. The Morgan fingerprint density at radius 2 is 1.88 bits per heavy atom. The molecule has 1 aliphatic rings. The van der Waals surface area contributed by atoms with Gasteiger partial charge >= 0.3 is 5.97 Å². The quantitative estimate of drug-likeness (QED) is 0.596. The molecule has 2 aromatic rings. The summed E-state index contributed by atoms with van der Waals surface area (Å²) in [4.78, 5) is 27.3. The molecule has 1 aliphatic heterocycles. The van der Waals surface area contributed by atoms with Gasteiger partial charge in [-0.3, -0.25) is 14.5 Å². The fourth-order valence-electron chi connectivity index (χ4n) is 3.99. The largest absolute Gasteiger partial charge is 0.493 e. The van der Waals surface area contributed by atoms with Crippen molar-refractivity contribution in [3.63, 3.8) is 0 Å². The van der Waals surface area contributed by atoms with Crippen LogP contribution in [-0.4, -0.2) is 50.7 Å². The summed E-state index contributed by atoms with van der Waals surface area (Å²) in [5, 5.41) is 3.49. The Balaban J connectivity index is 1.86. The van der Waals surface area contributed by atoms with Crippen molar-refractivity contribution in [2.45, 2.75) is 32.7 Å². The Kier molecular flexibility index (Phi) is 7.99. The molecule has 3 rings (SSSR count). The molecule has 0 bridgehead atoms. The highest BCUT2D eigenvalue weighted by molar-refractivity contribution is 6.31. The van der Waals surface area contributed by atoms with Crippen LogP contribution in [0, 0.1) is 6.92 Å². The molecule has 32 heavy (non-hydrogen) atoms. The van der Waals surface area contributed by atoms with Crippen LogP contribution in [0.5, 0.6) is 11.5 Å². The molecule has 0 unspecified atom stereocenters. The third-order valence-electron chi connectivity index (χ3n) is 5.60. The van der Waals surface area contributed by atoms with Crippen molar-refractivity contribution in [3.05, 3.63) is 52.0 Å². The Hall–Kier alpha value is -2.77. The number of nitrogens with one attached hydrogen (secondary N) is 1. The van der Waals surface area contributed by atoms with Gasteiger partial charge in [-0.1, -0.05) is 17.7 Å². The molecule has 0 radical (unpaired) electrons. The smallest absolute Gasteiger partial charge is 0.307 e. The van der Waals surface area contributed by atoms with Crippen molar-refractivity contribution in [3.8, 4) is 11.5 Å². The van der Waals surface area contributed by atoms with Crippen LogP contribution in [0.4, 0.5) is 5.69 Å². The fourth-order valence-corrected chi connectivity index (χ4v) is 4.16. The molecule has 0 aliphatic carbocycles. The van der Waals surface area contributed by atoms with Gasteiger partial charge in [-0.25, -0.2) is 0 Å². The predicted octanol–water partition coefficient (Wildman–Crippen LogP) is 4.16. The highest BCUT2D eigenvalue weighted by Gasteiger charge is 2.32. The average Bonchev–Trinajstić information content (AvgIpc) is 2.77. The number of hydrogen-bond donors (Lipinski definition) is 1. The number of ether oxygens (including phenoxy) is 3. The number of benzene rings is 2. The lowest BCUT2D eigenvalue weighted by Crippen LogP contribution is -2.41. The number of hydrogen-bond acceptors (Lipinski definition) is 6. The summed E-state index contributed by atoms with van der Waals surface area (Å²) in [6, 6.07) is 8.89. The normalized spacial score (nSPS) is 15.6. The molecule has 2 aromatic carbocycles. The van der Waals surface area contributed by atoms with Crippen molar-refractivity contribution in [1.29, 1.82) is 0 Å². The van der Waals surface area contributed by atoms with E-state index in [0.717, 1.165) is 23.1 Å². The van der Waals surface area contributed by atoms with E-state index in [-0.39, 0.29) is 30.9 Å². The lowest BCUT2D eigenvalue weighted by atomic mass is 9.90. The topological polar surface area (TPSA) is 77.1 Å². The summed E-state index contributed by atoms with van der Waals surface area (Å²) in [5.41, 5.74) is 3.60. The summed E-state index contributed by atoms with van der Waals surface area (Å²) in [6.07, 6.45) is 0.859. The van der Waals surface area contributed by atoms with Gasteiger partial charge in [0.25, 0.3) is 0 Å². The third kappa shape index (κ3) is 5.53. The number of halogens is 1. The molecule has 1 amide bonds. The van der Waals surface area contributed by atoms with Crippen LogP contribution in [0.2, 0.25) is 5.02 Å². The number of carbonyl (C=O) groups is 2. The molecule has 172 valence electrons. The zero-order valence-electron chi connectivity index (χ0n) is 18.9. The molecule has 8 heteroatoms. The van der Waals surface area contributed by atoms with Gasteiger partial charge in [0.05, 0.1) is 33.8 Å². The van der Waals surface area contributed by atoms with E-state index >= 15 is 0 Å². The molecular weight excluding hydrogens is 432 g/mol. The maximum atomic E-state index is 12.9. The van der Waals surface area contributed by atoms with Crippen molar-refractivity contribution in [1.82, 2.24) is 4.90 Å². The number of amides is 1. The Morgan fingerprint density at radius 3 is 2.56 bits per heavy atom. The standard InChI is InChI=1S/C24H29ClN2O5/c1-5-32-24(29)13-20-18-12-22(31-4)21(30-3)10-16(18)8-9-27(20)14-23(28)26-19-11-17(25)7-6-15(19)2/h6-7,10-12,20H,5,8-9,13-14H2,1-4H3,(H,26,28)/t20-/m0/s1. The molecule has 0 saturated carbocycles. The maximum absolute atomic E-state index is 12.9. The van der Waals surface area contributed by atoms with Crippen molar-refractivity contribution < 1.29 is 23.8 Å². The lowest BCUT2D eigenvalue weighted by Gasteiger charge is -2.37. The van der Waals surface area contributed by atoms with E-state index in [1.807, 2.05) is 30.0 Å². The number of nitrogens with zero attached hydrogens (tertiary/aromatic N) is 1. The minimum atomic E-state index is -0.316. The Morgan fingerprint density at radius 1 is 1.16 bits per heavy atom. The number of rotatable bonds is 8. The Labute approximate surface area is 193 Å². The van der Waals surface area contributed by atoms with Crippen LogP contribution in [0.25, 0.3) is 0 Å². The first kappa shape index (κ1) is 23.9. The first-order valence-corrected chi connectivity index (χ1v) is 10.9. The summed E-state index contributed by atoms with van der Waals surface area (Å²) < 4.78 is 16.1. The molecule has 0 aromatic heterocycles. The number of aryl methyl sites for hydroxylation is 1. The van der Waals surface area contributed by atoms with Gasteiger partial charge in [-0.15, -0.1) is 0 Å². The lowest BCUT2D eigenvalue weighted by molar-refractivity contribution is -0.145. The number of anilines is 1. The molecule has 1 atom stereocenters. The third-order valence-corrected chi connectivity index (χ3v) is 5.83. The summed E-state index contributed by atoms with van der Waals surface area (Å²) >= 11 is 6.08. The second-order valence-corrected chi connectivity index (χ2v) is 8.10. The highest BCUT2D eigenvalue weighted by atomic mass is 35.5. The van der Waals surface area contributed by atoms with Crippen LogP contribution >= 0.6 is 11.6 Å². The highest BCUT2D eigenvalue weighted by Crippen LogP contribution is 2.39. The predicted molar refractivity (Wildman–Crippen MR) is 124 cm³/mol. The monoisotopic (exact) mass is 460 g/mol. The maximum Gasteiger partial charge on any atom is 0.307 e. The van der Waals surface area contributed by atoms with Crippen LogP contribution in [-0.2, 0) is 20.7 Å². The fraction of sp³-hybridized carbons (Fsp3) is 0.417. The number of methoxy groups -OCH3 is 2. The molecule has 7 nitrogen and oxygen atoms in total. The molecule has 1 N–H and O–H groups in total. The number of fused-ring (bicyclic) bond motifs is 1. The van der Waals surface area contributed by atoms with Crippen molar-refractivity contribution in [2.75, 3.05) is 39.2 Å². The van der Waals surface area contributed by atoms with Gasteiger partial charge in [-0.2, -0.15) is 0 Å². The second-order valence-electron chi connectivity index (χ2n) is 7.66. The van der Waals surface area contributed by atoms with Crippen LogP contribution in [0.1, 0.15) is 36.1 Å². The van der Waals surface area contributed by atoms with Gasteiger partial charge in [0.1, 0.15) is 0 Å². The summed E-state index contributed by atoms with van der Waals surface area (Å²) in [7, 11) is 3.17. The summed E-state index contributed by atoms with van der Waals surface area (Å²) in [5.74, 6) is 0.745. The first-order chi connectivity index (χ1) is 15.4. The molecule has 0 saturated heterocycles. The van der Waals surface area contributed by atoms with E-state index in [2.05, 4.69) is 5.32 Å². The minimum Gasteiger partial charge on any atom is -0.493 e. The van der Waals surface area contributed by atoms with Gasteiger partial charge in [-0.05, 0) is 61.2 Å². The van der Waals surface area contributed by atoms with Gasteiger partial charge in [0.2, 0.25) is 5.91 Å². The second kappa shape index (κ2) is 10.7. The van der Waals surface area contributed by atoms with Gasteiger partial charge in [0, 0.05) is 23.3 Å².